The average Bonchev–Trinajstić information content (AvgIpc) is 2.69. The van der Waals surface area contributed by atoms with Gasteiger partial charge in [-0.1, -0.05) is 6.07 Å². The van der Waals surface area contributed by atoms with Crippen molar-refractivity contribution in [2.75, 3.05) is 0 Å². The van der Waals surface area contributed by atoms with Gasteiger partial charge in [0.2, 0.25) is 0 Å². The van der Waals surface area contributed by atoms with Gasteiger partial charge in [0.25, 0.3) is 0 Å². The fraction of sp³-hybridized carbons (Fsp3) is 0.250. The minimum atomic E-state index is -0.460. The highest BCUT2D eigenvalue weighted by Crippen LogP contribution is 2.15. The first-order valence-corrected chi connectivity index (χ1v) is 5.11. The number of nitrogens with zero attached hydrogens (tertiary/aromatic N) is 2. The Morgan fingerprint density at radius 2 is 2.31 bits per heavy atom. The Labute approximate surface area is 93.2 Å². The molecule has 16 heavy (non-hydrogen) atoms. The molecular formula is C12H13FN2O. The average molecular weight is 220 g/mol. The van der Waals surface area contributed by atoms with Crippen molar-refractivity contribution in [1.82, 2.24) is 9.55 Å². The molecule has 1 heterocycles. The summed E-state index contributed by atoms with van der Waals surface area (Å²) in [6.07, 6.45) is 4.84. The van der Waals surface area contributed by atoms with E-state index in [0.29, 0.717) is 12.1 Å². The number of aliphatic hydroxyl groups excluding tert-OH is 1. The van der Waals surface area contributed by atoms with Crippen molar-refractivity contribution in [1.29, 1.82) is 0 Å². The fourth-order valence-corrected chi connectivity index (χ4v) is 1.63. The van der Waals surface area contributed by atoms with Crippen LogP contribution in [0.15, 0.2) is 36.9 Å². The van der Waals surface area contributed by atoms with E-state index in [4.69, 9.17) is 0 Å². The molecule has 3 nitrogen and oxygen atoms in total. The highest BCUT2D eigenvalue weighted by molar-refractivity contribution is 5.36. The van der Waals surface area contributed by atoms with E-state index in [1.54, 1.807) is 36.3 Å². The van der Waals surface area contributed by atoms with E-state index in [2.05, 4.69) is 4.98 Å². The van der Waals surface area contributed by atoms with Crippen molar-refractivity contribution < 1.29 is 9.50 Å². The second-order valence-corrected chi connectivity index (χ2v) is 3.81. The van der Waals surface area contributed by atoms with Gasteiger partial charge in [0.15, 0.2) is 0 Å². The highest BCUT2D eigenvalue weighted by Gasteiger charge is 2.06. The summed E-state index contributed by atoms with van der Waals surface area (Å²) in [5.41, 5.74) is 1.25. The summed E-state index contributed by atoms with van der Waals surface area (Å²) in [7, 11) is 0. The molecule has 0 radical (unpaired) electrons. The van der Waals surface area contributed by atoms with Gasteiger partial charge < -0.3 is 9.67 Å². The molecule has 0 aliphatic rings. The number of benzene rings is 1. The van der Waals surface area contributed by atoms with Gasteiger partial charge in [0.1, 0.15) is 5.82 Å². The third-order valence-corrected chi connectivity index (χ3v) is 2.33. The van der Waals surface area contributed by atoms with Gasteiger partial charge >= 0.3 is 0 Å². The van der Waals surface area contributed by atoms with Crippen LogP contribution in [0, 0.1) is 5.82 Å². The molecule has 1 aromatic heterocycles. The van der Waals surface area contributed by atoms with Gasteiger partial charge in [-0.3, -0.25) is 0 Å². The largest absolute Gasteiger partial charge is 0.393 e. The van der Waals surface area contributed by atoms with Gasteiger partial charge in [-0.2, -0.15) is 0 Å². The lowest BCUT2D eigenvalue weighted by molar-refractivity contribution is 0.195. The minimum absolute atomic E-state index is 0.309. The molecule has 2 aromatic rings. The first kappa shape index (κ1) is 10.8. The van der Waals surface area contributed by atoms with Gasteiger partial charge in [-0.25, -0.2) is 9.37 Å². The molecule has 84 valence electrons. The maximum atomic E-state index is 13.7. The summed E-state index contributed by atoms with van der Waals surface area (Å²) >= 11 is 0. The Morgan fingerprint density at radius 1 is 1.50 bits per heavy atom. The van der Waals surface area contributed by atoms with Crippen LogP contribution >= 0.6 is 0 Å². The summed E-state index contributed by atoms with van der Waals surface area (Å²) in [5.74, 6) is -0.309. The van der Waals surface area contributed by atoms with Crippen molar-refractivity contribution >= 4 is 0 Å². The third-order valence-electron chi connectivity index (χ3n) is 2.33. The van der Waals surface area contributed by atoms with E-state index in [-0.39, 0.29) is 5.82 Å². The monoisotopic (exact) mass is 220 g/mol. The van der Waals surface area contributed by atoms with Crippen LogP contribution in [0.2, 0.25) is 0 Å². The zero-order valence-electron chi connectivity index (χ0n) is 8.97. The molecule has 1 aromatic carbocycles. The molecule has 0 fully saturated rings. The van der Waals surface area contributed by atoms with Gasteiger partial charge in [-0.05, 0) is 31.0 Å². The predicted molar refractivity (Wildman–Crippen MR) is 58.9 cm³/mol. The summed E-state index contributed by atoms with van der Waals surface area (Å²) in [6, 6.07) is 4.95. The van der Waals surface area contributed by atoms with Crippen LogP contribution in [-0.2, 0) is 6.42 Å². The van der Waals surface area contributed by atoms with Crippen LogP contribution in [0.4, 0.5) is 4.39 Å². The van der Waals surface area contributed by atoms with Crippen LogP contribution in [0.5, 0.6) is 0 Å². The maximum Gasteiger partial charge on any atom is 0.147 e. The third kappa shape index (κ3) is 2.28. The minimum Gasteiger partial charge on any atom is -0.393 e. The van der Waals surface area contributed by atoms with Crippen molar-refractivity contribution in [3.05, 3.63) is 48.3 Å². The number of aromatic nitrogens is 2. The van der Waals surface area contributed by atoms with Crippen molar-refractivity contribution in [3.8, 4) is 5.69 Å². The van der Waals surface area contributed by atoms with Gasteiger partial charge in [-0.15, -0.1) is 0 Å². The van der Waals surface area contributed by atoms with E-state index in [1.165, 1.54) is 6.07 Å². The number of hydrogen-bond acceptors (Lipinski definition) is 2. The van der Waals surface area contributed by atoms with Crippen LogP contribution in [0.3, 0.4) is 0 Å². The molecule has 0 amide bonds. The Hall–Kier alpha value is -1.68. The predicted octanol–water partition coefficient (Wildman–Crippen LogP) is 1.93. The van der Waals surface area contributed by atoms with Crippen LogP contribution in [0.25, 0.3) is 5.69 Å². The van der Waals surface area contributed by atoms with Gasteiger partial charge in [0, 0.05) is 12.4 Å². The molecule has 0 spiro atoms. The molecule has 0 aliphatic heterocycles. The summed E-state index contributed by atoms with van der Waals surface area (Å²) in [4.78, 5) is 3.87. The summed E-state index contributed by atoms with van der Waals surface area (Å²) in [5, 5.41) is 9.21. The number of aliphatic hydroxyl groups is 1. The molecule has 2 rings (SSSR count). The number of imidazole rings is 1. The van der Waals surface area contributed by atoms with E-state index >= 15 is 0 Å². The lowest BCUT2D eigenvalue weighted by atomic mass is 10.1. The SMILES string of the molecule is CC(O)Cc1ccc(-n2ccnc2)c(F)c1. The van der Waals surface area contributed by atoms with E-state index in [1.807, 2.05) is 6.07 Å². The summed E-state index contributed by atoms with van der Waals surface area (Å²) in [6.45, 7) is 1.68. The van der Waals surface area contributed by atoms with Crippen LogP contribution in [-0.4, -0.2) is 20.8 Å². The standard InChI is InChI=1S/C12H13FN2O/c1-9(16)6-10-2-3-12(11(13)7-10)15-5-4-14-8-15/h2-5,7-9,16H,6H2,1H3. The topological polar surface area (TPSA) is 38.0 Å². The molecule has 4 heteroatoms. The number of rotatable bonds is 3. The van der Waals surface area contributed by atoms with E-state index in [9.17, 15) is 9.50 Å². The zero-order valence-corrected chi connectivity index (χ0v) is 8.97. The lowest BCUT2D eigenvalue weighted by Crippen LogP contribution is -2.05. The molecule has 0 saturated heterocycles. The highest BCUT2D eigenvalue weighted by atomic mass is 19.1. The fourth-order valence-electron chi connectivity index (χ4n) is 1.63. The Bertz CT molecular complexity index is 466. The molecular weight excluding hydrogens is 207 g/mol. The van der Waals surface area contributed by atoms with Crippen molar-refractivity contribution in [3.63, 3.8) is 0 Å². The molecule has 0 saturated carbocycles. The van der Waals surface area contributed by atoms with Crippen LogP contribution < -0.4 is 0 Å². The molecule has 1 unspecified atom stereocenters. The van der Waals surface area contributed by atoms with Crippen LogP contribution in [0.1, 0.15) is 12.5 Å². The number of hydrogen-bond donors (Lipinski definition) is 1. The van der Waals surface area contributed by atoms with E-state index < -0.39 is 6.10 Å². The lowest BCUT2D eigenvalue weighted by Gasteiger charge is -2.08. The maximum absolute atomic E-state index is 13.7. The molecule has 0 bridgehead atoms. The Balaban J connectivity index is 2.30. The Morgan fingerprint density at radius 3 is 2.88 bits per heavy atom. The van der Waals surface area contributed by atoms with Crippen molar-refractivity contribution in [2.45, 2.75) is 19.4 Å². The molecule has 1 N–H and O–H groups in total. The number of halogens is 1. The summed E-state index contributed by atoms with van der Waals surface area (Å²) < 4.78 is 15.3. The second kappa shape index (κ2) is 4.45. The smallest absolute Gasteiger partial charge is 0.147 e. The zero-order chi connectivity index (χ0) is 11.5. The quantitative estimate of drug-likeness (QED) is 0.858. The van der Waals surface area contributed by atoms with E-state index in [0.717, 1.165) is 5.56 Å². The first-order valence-electron chi connectivity index (χ1n) is 5.11. The molecule has 1 atom stereocenters. The normalized spacial score (nSPS) is 12.7. The molecule has 0 aliphatic carbocycles. The van der Waals surface area contributed by atoms with Crippen molar-refractivity contribution in [2.24, 2.45) is 0 Å². The van der Waals surface area contributed by atoms with Gasteiger partial charge in [0.05, 0.1) is 18.1 Å². The Kier molecular flexibility index (Phi) is 3.01. The first-order chi connectivity index (χ1) is 7.66. The second-order valence-electron chi connectivity index (χ2n) is 3.81.